The van der Waals surface area contributed by atoms with E-state index in [1.807, 2.05) is 17.8 Å². The Morgan fingerprint density at radius 1 is 1.33 bits per heavy atom. The molecule has 2 aromatic carbocycles. The van der Waals surface area contributed by atoms with E-state index in [-0.39, 0.29) is 5.56 Å². The fraction of sp³-hybridized carbons (Fsp3) is 0.188. The average Bonchev–Trinajstić information content (AvgIpc) is 2.89. The number of fused-ring (bicyclic) bond motifs is 1. The fourth-order valence-electron chi connectivity index (χ4n) is 2.28. The molecule has 0 fully saturated rings. The molecule has 0 radical (unpaired) electrons. The lowest BCUT2D eigenvalue weighted by molar-refractivity contribution is 0.0696. The molecule has 5 heteroatoms. The van der Waals surface area contributed by atoms with Gasteiger partial charge in [0.05, 0.1) is 9.13 Å². The minimum absolute atomic E-state index is 0.257. The van der Waals surface area contributed by atoms with Crippen LogP contribution in [0.1, 0.15) is 15.9 Å². The number of hydrogen-bond acceptors (Lipinski definition) is 3. The predicted molar refractivity (Wildman–Crippen MR) is 91.4 cm³/mol. The third-order valence-corrected chi connectivity index (χ3v) is 5.50. The molecule has 1 N–H and O–H groups in total. The van der Waals surface area contributed by atoms with Crippen LogP contribution in [0.2, 0.25) is 0 Å². The van der Waals surface area contributed by atoms with Crippen LogP contribution in [0, 0.1) is 3.57 Å². The van der Waals surface area contributed by atoms with Crippen LogP contribution >= 0.6 is 34.4 Å². The molecule has 0 aliphatic carbocycles. The van der Waals surface area contributed by atoms with Gasteiger partial charge in [0.25, 0.3) is 0 Å². The van der Waals surface area contributed by atoms with E-state index in [0.29, 0.717) is 17.6 Å². The molecule has 108 valence electrons. The number of carboxylic acid groups (broad SMARTS) is 1. The lowest BCUT2D eigenvalue weighted by atomic mass is 10.1. The van der Waals surface area contributed by atoms with E-state index in [1.54, 1.807) is 18.2 Å². The molecule has 0 saturated heterocycles. The molecule has 0 bridgehead atoms. The van der Waals surface area contributed by atoms with Crippen molar-refractivity contribution in [3.05, 3.63) is 57.2 Å². The SMILES string of the molecule is O=C(O)c1ccc(I)c(OCC2Cc3ccccc3S2)c1. The summed E-state index contributed by atoms with van der Waals surface area (Å²) in [4.78, 5) is 12.3. The quantitative estimate of drug-likeness (QED) is 0.769. The van der Waals surface area contributed by atoms with Crippen molar-refractivity contribution in [3.8, 4) is 5.75 Å². The van der Waals surface area contributed by atoms with Gasteiger partial charge in [0.1, 0.15) is 12.4 Å². The summed E-state index contributed by atoms with van der Waals surface area (Å²) in [6.07, 6.45) is 0.996. The summed E-state index contributed by atoms with van der Waals surface area (Å²) in [7, 11) is 0. The molecule has 1 aliphatic heterocycles. The van der Waals surface area contributed by atoms with E-state index >= 15 is 0 Å². The molecule has 3 rings (SSSR count). The van der Waals surface area contributed by atoms with Crippen molar-refractivity contribution in [2.75, 3.05) is 6.61 Å². The lowest BCUT2D eigenvalue weighted by Crippen LogP contribution is -2.14. The van der Waals surface area contributed by atoms with E-state index < -0.39 is 5.97 Å². The first-order chi connectivity index (χ1) is 10.1. The summed E-state index contributed by atoms with van der Waals surface area (Å²) in [5.41, 5.74) is 1.62. The largest absolute Gasteiger partial charge is 0.491 e. The first-order valence-corrected chi connectivity index (χ1v) is 8.49. The molecular formula is C16H13IO3S. The van der Waals surface area contributed by atoms with Crippen LogP contribution in [0.25, 0.3) is 0 Å². The van der Waals surface area contributed by atoms with Gasteiger partial charge in [0.2, 0.25) is 0 Å². The second kappa shape index (κ2) is 6.27. The van der Waals surface area contributed by atoms with Crippen LogP contribution in [-0.4, -0.2) is 22.9 Å². The van der Waals surface area contributed by atoms with Crippen molar-refractivity contribution in [2.24, 2.45) is 0 Å². The van der Waals surface area contributed by atoms with Gasteiger partial charge in [-0.15, -0.1) is 11.8 Å². The Bertz CT molecular complexity index is 662. The van der Waals surface area contributed by atoms with Crippen LogP contribution in [0.3, 0.4) is 0 Å². The van der Waals surface area contributed by atoms with Crippen molar-refractivity contribution in [3.63, 3.8) is 0 Å². The normalized spacial score (nSPS) is 16.5. The molecule has 0 amide bonds. The third-order valence-electron chi connectivity index (χ3n) is 3.32. The molecule has 1 aliphatic rings. The highest BCUT2D eigenvalue weighted by molar-refractivity contribution is 14.1. The smallest absolute Gasteiger partial charge is 0.335 e. The number of carboxylic acids is 1. The second-order valence-corrected chi connectivity index (χ2v) is 7.32. The van der Waals surface area contributed by atoms with Crippen molar-refractivity contribution in [2.45, 2.75) is 16.6 Å². The molecular weight excluding hydrogens is 399 g/mol. The molecule has 0 spiro atoms. The van der Waals surface area contributed by atoms with Gasteiger partial charge < -0.3 is 9.84 Å². The van der Waals surface area contributed by atoms with Crippen molar-refractivity contribution >= 4 is 40.3 Å². The van der Waals surface area contributed by atoms with E-state index in [4.69, 9.17) is 9.84 Å². The predicted octanol–water partition coefficient (Wildman–Crippen LogP) is 4.09. The minimum atomic E-state index is -0.932. The minimum Gasteiger partial charge on any atom is -0.491 e. The summed E-state index contributed by atoms with van der Waals surface area (Å²) in [5, 5.41) is 9.42. The fourth-order valence-corrected chi connectivity index (χ4v) is 3.99. The molecule has 0 saturated carbocycles. The maximum absolute atomic E-state index is 11.0. The highest BCUT2D eigenvalue weighted by atomic mass is 127. The van der Waals surface area contributed by atoms with Crippen molar-refractivity contribution in [1.29, 1.82) is 0 Å². The van der Waals surface area contributed by atoms with Crippen LogP contribution in [-0.2, 0) is 6.42 Å². The third kappa shape index (κ3) is 3.35. The summed E-state index contributed by atoms with van der Waals surface area (Å²) in [6, 6.07) is 13.4. The summed E-state index contributed by atoms with van der Waals surface area (Å²) >= 11 is 3.99. The van der Waals surface area contributed by atoms with Gasteiger partial charge in [-0.1, -0.05) is 18.2 Å². The van der Waals surface area contributed by atoms with Gasteiger partial charge in [-0.05, 0) is 58.8 Å². The molecule has 21 heavy (non-hydrogen) atoms. The number of carbonyl (C=O) groups is 1. The first kappa shape index (κ1) is 14.7. The standard InChI is InChI=1S/C16H13IO3S/c17-13-6-5-11(16(18)19)8-14(13)20-9-12-7-10-3-1-2-4-15(10)21-12/h1-6,8,12H,7,9H2,(H,18,19). The number of rotatable bonds is 4. The van der Waals surface area contributed by atoms with Gasteiger partial charge >= 0.3 is 5.97 Å². The zero-order chi connectivity index (χ0) is 14.8. The summed E-state index contributed by atoms with van der Waals surface area (Å²) < 4.78 is 6.78. The Balaban J connectivity index is 1.67. The number of halogens is 1. The van der Waals surface area contributed by atoms with E-state index in [9.17, 15) is 4.79 Å². The number of aromatic carboxylic acids is 1. The lowest BCUT2D eigenvalue weighted by Gasteiger charge is -2.12. The Morgan fingerprint density at radius 2 is 2.14 bits per heavy atom. The van der Waals surface area contributed by atoms with Gasteiger partial charge in [-0.3, -0.25) is 0 Å². The average molecular weight is 412 g/mol. The van der Waals surface area contributed by atoms with Crippen molar-refractivity contribution < 1.29 is 14.6 Å². The van der Waals surface area contributed by atoms with E-state index in [0.717, 1.165) is 9.99 Å². The zero-order valence-corrected chi connectivity index (χ0v) is 14.1. The maximum atomic E-state index is 11.0. The van der Waals surface area contributed by atoms with Crippen LogP contribution in [0.4, 0.5) is 0 Å². The number of thioether (sulfide) groups is 1. The van der Waals surface area contributed by atoms with E-state index in [2.05, 4.69) is 40.8 Å². The molecule has 2 aromatic rings. The first-order valence-electron chi connectivity index (χ1n) is 6.53. The topological polar surface area (TPSA) is 46.5 Å². The van der Waals surface area contributed by atoms with Crippen LogP contribution in [0.15, 0.2) is 47.4 Å². The highest BCUT2D eigenvalue weighted by Crippen LogP contribution is 2.37. The molecule has 1 atom stereocenters. The molecule has 0 aromatic heterocycles. The van der Waals surface area contributed by atoms with Crippen molar-refractivity contribution in [1.82, 2.24) is 0 Å². The van der Waals surface area contributed by atoms with Crippen LogP contribution < -0.4 is 4.74 Å². The molecule has 1 unspecified atom stereocenters. The molecule has 3 nitrogen and oxygen atoms in total. The Labute approximate surface area is 140 Å². The zero-order valence-electron chi connectivity index (χ0n) is 11.1. The molecule has 1 heterocycles. The van der Waals surface area contributed by atoms with Gasteiger partial charge in [-0.25, -0.2) is 4.79 Å². The van der Waals surface area contributed by atoms with Gasteiger partial charge in [0, 0.05) is 10.1 Å². The van der Waals surface area contributed by atoms with Gasteiger partial charge in [-0.2, -0.15) is 0 Å². The number of hydrogen-bond donors (Lipinski definition) is 1. The Hall–Kier alpha value is -1.21. The summed E-state index contributed by atoms with van der Waals surface area (Å²) in [5.74, 6) is -0.286. The monoisotopic (exact) mass is 412 g/mol. The second-order valence-electron chi connectivity index (χ2n) is 4.81. The number of benzene rings is 2. The van der Waals surface area contributed by atoms with Gasteiger partial charge in [0.15, 0.2) is 0 Å². The maximum Gasteiger partial charge on any atom is 0.335 e. The van der Waals surface area contributed by atoms with E-state index in [1.165, 1.54) is 10.5 Å². The van der Waals surface area contributed by atoms with Crippen LogP contribution in [0.5, 0.6) is 5.75 Å². The Morgan fingerprint density at radius 3 is 2.90 bits per heavy atom. The Kier molecular flexibility index (Phi) is 4.40. The number of ether oxygens (including phenoxy) is 1. The summed E-state index contributed by atoms with van der Waals surface area (Å²) in [6.45, 7) is 0.582. The highest BCUT2D eigenvalue weighted by Gasteiger charge is 2.22.